The van der Waals surface area contributed by atoms with Crippen molar-refractivity contribution in [1.82, 2.24) is 24.6 Å². The molecule has 0 spiro atoms. The minimum absolute atomic E-state index is 0.195. The van der Waals surface area contributed by atoms with Crippen LogP contribution in [0.25, 0.3) is 0 Å². The number of cyclic esters (lactones) is 1. The molecule has 2 fully saturated rings. The highest BCUT2D eigenvalue weighted by Gasteiger charge is 2.46. The van der Waals surface area contributed by atoms with Crippen molar-refractivity contribution in [1.29, 1.82) is 0 Å². The van der Waals surface area contributed by atoms with Crippen molar-refractivity contribution in [3.05, 3.63) is 11.5 Å². The summed E-state index contributed by atoms with van der Waals surface area (Å²) in [4.78, 5) is 80.7. The Kier molecular flexibility index (Phi) is 12.7. The van der Waals surface area contributed by atoms with E-state index < -0.39 is 105 Å². The van der Waals surface area contributed by atoms with E-state index in [1.54, 1.807) is 0 Å². The van der Waals surface area contributed by atoms with Gasteiger partial charge in [0.25, 0.3) is 5.76 Å². The number of nitrogens with one attached hydrogen (secondary N) is 1. The third kappa shape index (κ3) is 8.40. The Hall–Kier alpha value is -3.61. The number of carbonyl (C=O) groups excluding carboxylic acids is 6. The first-order valence-corrected chi connectivity index (χ1v) is 15.9. The van der Waals surface area contributed by atoms with Gasteiger partial charge in [0.2, 0.25) is 11.8 Å². The van der Waals surface area contributed by atoms with Gasteiger partial charge in [0.05, 0.1) is 18.9 Å². The van der Waals surface area contributed by atoms with E-state index in [-0.39, 0.29) is 19.5 Å². The number of hydrogen-bond acceptors (Lipinski definition) is 15. The molecule has 2 saturated heterocycles. The van der Waals surface area contributed by atoms with Crippen LogP contribution in [-0.4, -0.2) is 155 Å². The van der Waals surface area contributed by atoms with Gasteiger partial charge >= 0.3 is 25.6 Å². The Morgan fingerprint density at radius 2 is 1.74 bits per heavy atom. The summed E-state index contributed by atoms with van der Waals surface area (Å²) in [6, 6.07) is -1.78. The predicted octanol–water partition coefficient (Wildman–Crippen LogP) is -2.19. The third-order valence-corrected chi connectivity index (χ3v) is 9.99. The molecule has 0 aromatic heterocycles. The standard InChI is InChI=1S/C26H40N5O14P/c1-28(2)46(41,29(3)4)45-24-22(38)23(43-26(24)40)18(34)14-42-20(36)7-8-21(37)44-27-12-19(35)30-10-5-6-15(30)25(39)31-11-9-17(33)16(31)13-32/h13,15-18,23,27,33-34,38H,5-12,14H2,1-4H3. The number of rotatable bonds is 15. The van der Waals surface area contributed by atoms with E-state index in [1.165, 1.54) is 47.3 Å². The van der Waals surface area contributed by atoms with Crippen LogP contribution >= 0.6 is 7.67 Å². The molecular weight excluding hydrogens is 637 g/mol. The zero-order chi connectivity index (χ0) is 34.3. The normalized spacial score (nSPS) is 24.0. The van der Waals surface area contributed by atoms with Gasteiger partial charge in [-0.05, 0) is 47.5 Å². The van der Waals surface area contributed by atoms with Gasteiger partial charge in [-0.15, -0.1) is 5.48 Å². The Balaban J connectivity index is 1.39. The molecule has 3 aliphatic heterocycles. The number of amides is 2. The molecule has 3 aliphatic rings. The molecule has 46 heavy (non-hydrogen) atoms. The summed E-state index contributed by atoms with van der Waals surface area (Å²) in [5, 5.41) is 30.6. The first-order chi connectivity index (χ1) is 21.6. The fraction of sp³-hybridized carbons (Fsp3) is 0.692. The van der Waals surface area contributed by atoms with Crippen LogP contribution in [0.5, 0.6) is 0 Å². The van der Waals surface area contributed by atoms with Gasteiger partial charge in [-0.25, -0.2) is 18.7 Å². The minimum Gasteiger partial charge on any atom is -0.505 e. The average molecular weight is 678 g/mol. The molecular formula is C26H40N5O14P. The lowest BCUT2D eigenvalue weighted by atomic mass is 10.1. The van der Waals surface area contributed by atoms with Crippen molar-refractivity contribution >= 4 is 43.7 Å². The lowest BCUT2D eigenvalue weighted by Crippen LogP contribution is -2.52. The quantitative estimate of drug-likeness (QED) is 0.0473. The van der Waals surface area contributed by atoms with E-state index in [0.29, 0.717) is 19.1 Å². The highest BCUT2D eigenvalue weighted by molar-refractivity contribution is 7.54. The molecule has 0 aromatic rings. The van der Waals surface area contributed by atoms with Crippen LogP contribution in [0.3, 0.4) is 0 Å². The molecule has 0 aliphatic carbocycles. The minimum atomic E-state index is -3.75. The second-order valence-electron chi connectivity index (χ2n) is 11.1. The van der Waals surface area contributed by atoms with Crippen molar-refractivity contribution < 1.29 is 67.5 Å². The number of aliphatic hydroxyl groups is 3. The van der Waals surface area contributed by atoms with Crippen LogP contribution in [0.2, 0.25) is 0 Å². The summed E-state index contributed by atoms with van der Waals surface area (Å²) in [6.07, 6.45) is -3.63. The number of hydroxylamine groups is 1. The molecule has 19 nitrogen and oxygen atoms in total. The summed E-state index contributed by atoms with van der Waals surface area (Å²) < 4.78 is 30.4. The maximum atomic E-state index is 13.0. The summed E-state index contributed by atoms with van der Waals surface area (Å²) >= 11 is 0. The Labute approximate surface area is 264 Å². The maximum Gasteiger partial charge on any atom is 0.395 e. The van der Waals surface area contributed by atoms with Crippen molar-refractivity contribution in [2.24, 2.45) is 0 Å². The van der Waals surface area contributed by atoms with Crippen LogP contribution in [-0.2, 0) is 52.2 Å². The zero-order valence-corrected chi connectivity index (χ0v) is 26.8. The molecule has 5 atom stereocenters. The van der Waals surface area contributed by atoms with Gasteiger partial charge in [-0.3, -0.25) is 19.2 Å². The molecule has 3 rings (SSSR count). The molecule has 0 saturated carbocycles. The number of hydrogen-bond donors (Lipinski definition) is 4. The number of likely N-dealkylation sites (tertiary alicyclic amines) is 2. The molecule has 2 amide bonds. The van der Waals surface area contributed by atoms with Crippen molar-refractivity contribution in [2.75, 3.05) is 54.4 Å². The molecule has 0 bridgehead atoms. The van der Waals surface area contributed by atoms with E-state index >= 15 is 0 Å². The van der Waals surface area contributed by atoms with Gasteiger partial charge in [0.1, 0.15) is 37.6 Å². The summed E-state index contributed by atoms with van der Waals surface area (Å²) in [6.45, 7) is -0.734. The molecule has 20 heteroatoms. The summed E-state index contributed by atoms with van der Waals surface area (Å²) in [7, 11) is 1.97. The van der Waals surface area contributed by atoms with Crippen LogP contribution in [0.1, 0.15) is 32.1 Å². The largest absolute Gasteiger partial charge is 0.505 e. The number of nitrogens with zero attached hydrogens (tertiary/aromatic N) is 4. The smallest absolute Gasteiger partial charge is 0.395 e. The molecule has 4 N–H and O–H groups in total. The van der Waals surface area contributed by atoms with E-state index in [0.717, 1.165) is 0 Å². The zero-order valence-electron chi connectivity index (χ0n) is 25.9. The predicted molar refractivity (Wildman–Crippen MR) is 153 cm³/mol. The summed E-state index contributed by atoms with van der Waals surface area (Å²) in [5.41, 5.74) is 2.20. The molecule has 0 radical (unpaired) electrons. The average Bonchev–Trinajstić information content (AvgIpc) is 3.72. The Morgan fingerprint density at radius 1 is 1.09 bits per heavy atom. The van der Waals surface area contributed by atoms with E-state index in [9.17, 15) is 48.7 Å². The van der Waals surface area contributed by atoms with Gasteiger partial charge in [0, 0.05) is 13.1 Å². The monoisotopic (exact) mass is 677 g/mol. The lowest BCUT2D eigenvalue weighted by molar-refractivity contribution is -0.160. The highest BCUT2D eigenvalue weighted by atomic mass is 31.2. The number of carbonyl (C=O) groups is 6. The Morgan fingerprint density at radius 3 is 2.37 bits per heavy atom. The lowest BCUT2D eigenvalue weighted by Gasteiger charge is -2.30. The van der Waals surface area contributed by atoms with Gasteiger partial charge in [-0.1, -0.05) is 0 Å². The number of esters is 2. The first kappa shape index (κ1) is 36.9. The highest BCUT2D eigenvalue weighted by Crippen LogP contribution is 2.53. The molecule has 0 aromatic carbocycles. The second-order valence-corrected chi connectivity index (χ2v) is 13.9. The van der Waals surface area contributed by atoms with Gasteiger partial charge in [0.15, 0.2) is 11.9 Å². The van der Waals surface area contributed by atoms with Crippen molar-refractivity contribution in [2.45, 2.75) is 62.5 Å². The second kappa shape index (κ2) is 15.8. The van der Waals surface area contributed by atoms with Gasteiger partial charge < -0.3 is 48.7 Å². The van der Waals surface area contributed by atoms with E-state index in [2.05, 4.69) is 5.48 Å². The van der Waals surface area contributed by atoms with E-state index in [4.69, 9.17) is 18.8 Å². The third-order valence-electron chi connectivity index (χ3n) is 7.55. The first-order valence-electron chi connectivity index (χ1n) is 14.4. The number of ether oxygens (including phenoxy) is 2. The number of aldehydes is 1. The fourth-order valence-electron chi connectivity index (χ4n) is 5.05. The molecule has 3 heterocycles. The van der Waals surface area contributed by atoms with Crippen LogP contribution in [0.15, 0.2) is 11.5 Å². The summed E-state index contributed by atoms with van der Waals surface area (Å²) in [5.74, 6) is -5.63. The molecule has 258 valence electrons. The van der Waals surface area contributed by atoms with Crippen LogP contribution in [0.4, 0.5) is 0 Å². The SMILES string of the molecule is CN(C)P(=O)(OC1=C(O)C(C(O)COC(=O)CCC(=O)ONCC(=O)N2CCCC2C(=O)N2CCC(O)C2C=O)OC1=O)N(C)C. The van der Waals surface area contributed by atoms with Crippen molar-refractivity contribution in [3.8, 4) is 0 Å². The van der Waals surface area contributed by atoms with Crippen LogP contribution < -0.4 is 5.48 Å². The number of aliphatic hydroxyl groups excluding tert-OH is 3. The van der Waals surface area contributed by atoms with Crippen LogP contribution in [0, 0.1) is 0 Å². The van der Waals surface area contributed by atoms with Crippen molar-refractivity contribution in [3.63, 3.8) is 0 Å². The Bertz CT molecular complexity index is 1260. The molecule has 5 unspecified atom stereocenters. The van der Waals surface area contributed by atoms with Gasteiger partial charge in [-0.2, -0.15) is 0 Å². The maximum absolute atomic E-state index is 13.0. The topological polar surface area (TPSA) is 242 Å². The van der Waals surface area contributed by atoms with E-state index in [1.807, 2.05) is 0 Å². The fourth-order valence-corrected chi connectivity index (χ4v) is 6.50.